The molecule has 0 aliphatic carbocycles. The number of ketones is 1. The summed E-state index contributed by atoms with van der Waals surface area (Å²) in [4.78, 5) is 60.7. The van der Waals surface area contributed by atoms with E-state index < -0.39 is 11.1 Å². The molecule has 0 saturated heterocycles. The van der Waals surface area contributed by atoms with Gasteiger partial charge in [-0.3, -0.25) is 33.7 Å². The van der Waals surface area contributed by atoms with E-state index in [4.69, 9.17) is 5.41 Å². The summed E-state index contributed by atoms with van der Waals surface area (Å²) < 4.78 is 7.12. The van der Waals surface area contributed by atoms with Crippen LogP contribution in [0.5, 0.6) is 0 Å². The van der Waals surface area contributed by atoms with Gasteiger partial charge in [0, 0.05) is 31.3 Å². The fraction of sp³-hybridized carbons (Fsp3) is 0.500. The van der Waals surface area contributed by atoms with Crippen LogP contribution in [0.25, 0.3) is 21.5 Å². The number of nitrogens with one attached hydrogen (secondary N) is 1. The molecule has 1 N–H and O–H groups in total. The second-order valence-corrected chi connectivity index (χ2v) is 8.41. The van der Waals surface area contributed by atoms with Crippen molar-refractivity contribution in [3.63, 3.8) is 0 Å². The largest absolute Gasteiger partial charge is 0.469 e. The van der Waals surface area contributed by atoms with Gasteiger partial charge in [-0.1, -0.05) is 12.8 Å². The quantitative estimate of drug-likeness (QED) is 0.328. The number of carbonyl (C=O) groups is 2. The lowest BCUT2D eigenvalue weighted by atomic mass is 10.1. The molecule has 0 saturated carbocycles. The van der Waals surface area contributed by atoms with E-state index >= 15 is 0 Å². The molecule has 33 heavy (non-hydrogen) atoms. The maximum atomic E-state index is 12.9. The van der Waals surface area contributed by atoms with Gasteiger partial charge in [0.05, 0.1) is 23.3 Å². The number of unbranched alkanes of at least 4 members (excludes halogenated alkanes) is 4. The van der Waals surface area contributed by atoms with Crippen molar-refractivity contribution in [2.24, 2.45) is 0 Å². The van der Waals surface area contributed by atoms with Gasteiger partial charge in [0.2, 0.25) is 0 Å². The van der Waals surface area contributed by atoms with Gasteiger partial charge in [0.15, 0.2) is 0 Å². The molecule has 0 atom stereocenters. The zero-order chi connectivity index (χ0) is 24.1. The summed E-state index contributed by atoms with van der Waals surface area (Å²) in [6.45, 7) is 2.13. The number of nitrogens with zero attached hydrogens (tertiary/aromatic N) is 2. The molecule has 9 heteroatoms. The topological polar surface area (TPSA) is 128 Å². The molecular formula is C24H29N3O6. The molecule has 0 amide bonds. The average Bonchev–Trinajstić information content (AvgIpc) is 3.16. The molecule has 0 aliphatic rings. The number of methoxy groups -OCH3 is 1. The zero-order valence-corrected chi connectivity index (χ0v) is 19.1. The minimum Gasteiger partial charge on any atom is -0.469 e. The lowest BCUT2D eigenvalue weighted by molar-refractivity contribution is -0.140. The van der Waals surface area contributed by atoms with E-state index in [0.717, 1.165) is 12.8 Å². The van der Waals surface area contributed by atoms with Crippen LogP contribution in [-0.2, 0) is 27.4 Å². The number of esters is 1. The number of ether oxygens (including phenoxy) is 1. The van der Waals surface area contributed by atoms with E-state index in [1.807, 2.05) is 0 Å². The van der Waals surface area contributed by atoms with Gasteiger partial charge in [-0.2, -0.15) is 0 Å². The van der Waals surface area contributed by atoms with Gasteiger partial charge >= 0.3 is 5.97 Å². The van der Waals surface area contributed by atoms with Crippen LogP contribution >= 0.6 is 0 Å². The van der Waals surface area contributed by atoms with Gasteiger partial charge in [0.25, 0.3) is 16.7 Å². The summed E-state index contributed by atoms with van der Waals surface area (Å²) in [5.74, 6) is -0.158. The van der Waals surface area contributed by atoms with Crippen molar-refractivity contribution in [1.82, 2.24) is 9.13 Å². The van der Waals surface area contributed by atoms with Crippen molar-refractivity contribution in [3.05, 3.63) is 48.7 Å². The minimum absolute atomic E-state index is 0.0332. The minimum atomic E-state index is -0.437. The van der Waals surface area contributed by atoms with Crippen molar-refractivity contribution in [2.75, 3.05) is 7.11 Å². The van der Waals surface area contributed by atoms with Gasteiger partial charge in [-0.05, 0) is 44.7 Å². The Balaban J connectivity index is 1.81. The highest BCUT2D eigenvalue weighted by Gasteiger charge is 2.18. The molecule has 0 spiro atoms. The molecule has 0 fully saturated rings. The van der Waals surface area contributed by atoms with Gasteiger partial charge in [0.1, 0.15) is 11.3 Å². The number of hydrogen-bond donors (Lipinski definition) is 1. The van der Waals surface area contributed by atoms with Crippen molar-refractivity contribution >= 4 is 33.3 Å². The number of fused-ring (bicyclic) bond motifs is 2. The number of rotatable bonds is 12. The Kier molecular flexibility index (Phi) is 7.73. The van der Waals surface area contributed by atoms with E-state index in [0.29, 0.717) is 50.5 Å². The van der Waals surface area contributed by atoms with Crippen molar-refractivity contribution in [2.45, 2.75) is 71.4 Å². The maximum Gasteiger partial charge on any atom is 0.305 e. The second kappa shape index (κ2) is 10.5. The van der Waals surface area contributed by atoms with Crippen LogP contribution in [0.4, 0.5) is 0 Å². The van der Waals surface area contributed by atoms with Crippen LogP contribution in [0.15, 0.2) is 26.5 Å². The molecular weight excluding hydrogens is 426 g/mol. The van der Waals surface area contributed by atoms with Gasteiger partial charge in [-0.25, -0.2) is 0 Å². The summed E-state index contributed by atoms with van der Waals surface area (Å²) in [6.07, 6.45) is 4.82. The molecule has 3 rings (SSSR count). The van der Waals surface area contributed by atoms with E-state index in [1.54, 1.807) is 6.92 Å². The van der Waals surface area contributed by atoms with E-state index in [9.17, 15) is 24.0 Å². The SMILES string of the molecule is COC(=O)CCCCCn1c(=O)c2cc3c(=N)n(CCCCCC(C)=O)c(=O)c3cc2c1=O. The predicted octanol–water partition coefficient (Wildman–Crippen LogP) is 1.91. The number of carbonyl (C=O) groups excluding carboxylic acids is 2. The lowest BCUT2D eigenvalue weighted by Gasteiger charge is -2.01. The molecule has 0 bridgehead atoms. The number of Topliss-reactive ketones (excluding diaryl/α,β-unsaturated/α-hetero) is 1. The first-order valence-electron chi connectivity index (χ1n) is 11.3. The smallest absolute Gasteiger partial charge is 0.305 e. The number of hydrogen-bond acceptors (Lipinski definition) is 7. The number of aromatic nitrogens is 2. The van der Waals surface area contributed by atoms with E-state index in [1.165, 1.54) is 28.4 Å². The van der Waals surface area contributed by atoms with Crippen LogP contribution in [0.1, 0.15) is 58.3 Å². The van der Waals surface area contributed by atoms with Crippen molar-refractivity contribution < 1.29 is 14.3 Å². The van der Waals surface area contributed by atoms with Crippen molar-refractivity contribution in [3.8, 4) is 0 Å². The van der Waals surface area contributed by atoms with Gasteiger partial charge in [-0.15, -0.1) is 0 Å². The van der Waals surface area contributed by atoms with Gasteiger partial charge < -0.3 is 9.53 Å². The van der Waals surface area contributed by atoms with Crippen LogP contribution in [0.2, 0.25) is 0 Å². The fourth-order valence-corrected chi connectivity index (χ4v) is 4.16. The molecule has 176 valence electrons. The highest BCUT2D eigenvalue weighted by atomic mass is 16.5. The first-order valence-corrected chi connectivity index (χ1v) is 11.3. The Labute approximate surface area is 189 Å². The van der Waals surface area contributed by atoms with Crippen LogP contribution < -0.4 is 22.2 Å². The van der Waals surface area contributed by atoms with E-state index in [-0.39, 0.29) is 45.5 Å². The Hall–Kier alpha value is -3.36. The summed E-state index contributed by atoms with van der Waals surface area (Å²) in [5.41, 5.74) is -1.17. The molecule has 0 unspecified atom stereocenters. The highest BCUT2D eigenvalue weighted by molar-refractivity contribution is 5.97. The first-order chi connectivity index (χ1) is 15.8. The third kappa shape index (κ3) is 5.18. The van der Waals surface area contributed by atoms with Crippen LogP contribution in [0, 0.1) is 5.41 Å². The zero-order valence-electron chi connectivity index (χ0n) is 19.1. The van der Waals surface area contributed by atoms with Crippen LogP contribution in [-0.4, -0.2) is 28.0 Å². The molecule has 2 heterocycles. The Morgan fingerprint density at radius 3 is 1.82 bits per heavy atom. The standard InChI is InChI=1S/C24H29N3O6/c1-15(28)9-5-3-7-11-26-21(25)16-13-18-19(14-17(16)22(26)30)24(32)27(23(18)31)12-8-4-6-10-20(29)33-2/h13-14,25H,3-12H2,1-2H3. The summed E-state index contributed by atoms with van der Waals surface area (Å²) in [7, 11) is 1.33. The summed E-state index contributed by atoms with van der Waals surface area (Å²) in [5, 5.41) is 9.45. The molecule has 3 aromatic rings. The summed E-state index contributed by atoms with van der Waals surface area (Å²) >= 11 is 0. The average molecular weight is 456 g/mol. The number of benzene rings is 1. The first kappa shape index (κ1) is 24.3. The molecule has 0 aliphatic heterocycles. The molecule has 2 aromatic heterocycles. The summed E-state index contributed by atoms with van der Waals surface area (Å²) in [6, 6.07) is 2.92. The van der Waals surface area contributed by atoms with Crippen LogP contribution in [0.3, 0.4) is 0 Å². The van der Waals surface area contributed by atoms with E-state index in [2.05, 4.69) is 4.74 Å². The fourth-order valence-electron chi connectivity index (χ4n) is 4.16. The highest BCUT2D eigenvalue weighted by Crippen LogP contribution is 2.15. The third-order valence-corrected chi connectivity index (χ3v) is 6.01. The maximum absolute atomic E-state index is 12.9. The normalized spacial score (nSPS) is 11.5. The Bertz CT molecular complexity index is 1310. The monoisotopic (exact) mass is 455 g/mol. The molecule has 0 radical (unpaired) electrons. The molecule has 1 aromatic carbocycles. The van der Waals surface area contributed by atoms with Crippen molar-refractivity contribution in [1.29, 1.82) is 5.41 Å². The predicted molar refractivity (Wildman–Crippen MR) is 124 cm³/mol. The lowest BCUT2D eigenvalue weighted by Crippen LogP contribution is -2.26. The third-order valence-electron chi connectivity index (χ3n) is 6.01. The molecule has 9 nitrogen and oxygen atoms in total. The Morgan fingerprint density at radius 2 is 1.24 bits per heavy atom. The Morgan fingerprint density at radius 1 is 0.758 bits per heavy atom. The second-order valence-electron chi connectivity index (χ2n) is 8.41.